The van der Waals surface area contributed by atoms with Crippen LogP contribution in [0.4, 0.5) is 0 Å². The van der Waals surface area contributed by atoms with Gasteiger partial charge in [-0.1, -0.05) is 6.07 Å². The second-order valence-electron chi connectivity index (χ2n) is 3.76. The van der Waals surface area contributed by atoms with Gasteiger partial charge in [-0.3, -0.25) is 9.59 Å². The minimum Gasteiger partial charge on any atom is -0.349 e. The Morgan fingerprint density at radius 3 is 2.73 bits per heavy atom. The van der Waals surface area contributed by atoms with Crippen molar-refractivity contribution in [2.75, 3.05) is 0 Å². The minimum absolute atomic E-state index is 0.00986. The summed E-state index contributed by atoms with van der Waals surface area (Å²) in [7, 11) is 0. The minimum atomic E-state index is -0.00986. The molecule has 0 aliphatic heterocycles. The second kappa shape index (κ2) is 4.57. The summed E-state index contributed by atoms with van der Waals surface area (Å²) < 4.78 is 0. The molecule has 4 heteroatoms. The van der Waals surface area contributed by atoms with Gasteiger partial charge in [0.05, 0.1) is 4.88 Å². The first-order valence-electron chi connectivity index (χ1n) is 5.12. The number of ketones is 1. The number of hydrogen-bond acceptors (Lipinski definition) is 3. The van der Waals surface area contributed by atoms with Crippen LogP contribution < -0.4 is 5.32 Å². The first-order valence-corrected chi connectivity index (χ1v) is 6.00. The molecule has 0 bridgehead atoms. The standard InChI is InChI=1S/C11H13NO2S/c13-9-5-3-8(4-6-9)12-11(14)10-2-1-7-15-10/h1-2,7-8H,3-6H2,(H,12,14). The molecule has 0 radical (unpaired) electrons. The second-order valence-corrected chi connectivity index (χ2v) is 4.71. The quantitative estimate of drug-likeness (QED) is 0.833. The van der Waals surface area contributed by atoms with Gasteiger partial charge in [0.2, 0.25) is 0 Å². The van der Waals surface area contributed by atoms with Crippen LogP contribution in [0.25, 0.3) is 0 Å². The summed E-state index contributed by atoms with van der Waals surface area (Å²) in [4.78, 5) is 23.4. The third kappa shape index (κ3) is 2.65. The molecule has 2 rings (SSSR count). The van der Waals surface area contributed by atoms with Crippen LogP contribution in [0.3, 0.4) is 0 Å². The van der Waals surface area contributed by atoms with Gasteiger partial charge in [-0.25, -0.2) is 0 Å². The highest BCUT2D eigenvalue weighted by Crippen LogP contribution is 2.16. The van der Waals surface area contributed by atoms with E-state index in [1.807, 2.05) is 17.5 Å². The summed E-state index contributed by atoms with van der Waals surface area (Å²) in [6.45, 7) is 0. The van der Waals surface area contributed by atoms with Crippen LogP contribution in [0.2, 0.25) is 0 Å². The Morgan fingerprint density at radius 2 is 2.13 bits per heavy atom. The van der Waals surface area contributed by atoms with Crippen molar-refractivity contribution in [1.82, 2.24) is 5.32 Å². The fourth-order valence-electron chi connectivity index (χ4n) is 1.75. The molecule has 0 unspecified atom stereocenters. The van der Waals surface area contributed by atoms with E-state index in [1.165, 1.54) is 11.3 Å². The topological polar surface area (TPSA) is 46.2 Å². The highest BCUT2D eigenvalue weighted by Gasteiger charge is 2.20. The fourth-order valence-corrected chi connectivity index (χ4v) is 2.38. The zero-order valence-electron chi connectivity index (χ0n) is 8.36. The third-order valence-corrected chi connectivity index (χ3v) is 3.49. The molecule has 0 aromatic carbocycles. The van der Waals surface area contributed by atoms with Crippen molar-refractivity contribution in [1.29, 1.82) is 0 Å². The van der Waals surface area contributed by atoms with Crippen LogP contribution in [0, 0.1) is 0 Å². The average molecular weight is 223 g/mol. The molecular formula is C11H13NO2S. The number of carbonyl (C=O) groups is 2. The van der Waals surface area contributed by atoms with Gasteiger partial charge >= 0.3 is 0 Å². The predicted octanol–water partition coefficient (Wildman–Crippen LogP) is 1.99. The first-order chi connectivity index (χ1) is 7.25. The first kappa shape index (κ1) is 10.4. The molecule has 1 saturated carbocycles. The van der Waals surface area contributed by atoms with Crippen LogP contribution in [0.5, 0.6) is 0 Å². The van der Waals surface area contributed by atoms with Gasteiger partial charge < -0.3 is 5.32 Å². The van der Waals surface area contributed by atoms with Crippen molar-refractivity contribution in [2.45, 2.75) is 31.7 Å². The Hall–Kier alpha value is -1.16. The molecule has 1 aromatic rings. The van der Waals surface area contributed by atoms with E-state index < -0.39 is 0 Å². The van der Waals surface area contributed by atoms with Crippen molar-refractivity contribution in [2.24, 2.45) is 0 Å². The number of thiophene rings is 1. The zero-order chi connectivity index (χ0) is 10.7. The maximum absolute atomic E-state index is 11.7. The number of carbonyl (C=O) groups excluding carboxylic acids is 2. The molecule has 3 nitrogen and oxygen atoms in total. The van der Waals surface area contributed by atoms with E-state index in [-0.39, 0.29) is 11.9 Å². The van der Waals surface area contributed by atoms with E-state index in [9.17, 15) is 9.59 Å². The lowest BCUT2D eigenvalue weighted by Gasteiger charge is -2.21. The van der Waals surface area contributed by atoms with Crippen molar-refractivity contribution < 1.29 is 9.59 Å². The summed E-state index contributed by atoms with van der Waals surface area (Å²) in [6.07, 6.45) is 2.79. The number of nitrogens with one attached hydrogen (secondary N) is 1. The van der Waals surface area contributed by atoms with Gasteiger partial charge in [0.15, 0.2) is 0 Å². The van der Waals surface area contributed by atoms with E-state index in [0.29, 0.717) is 18.6 Å². The molecule has 1 aromatic heterocycles. The molecule has 0 atom stereocenters. The van der Waals surface area contributed by atoms with Crippen LogP contribution >= 0.6 is 11.3 Å². The fraction of sp³-hybridized carbons (Fsp3) is 0.455. The van der Waals surface area contributed by atoms with Crippen molar-refractivity contribution in [3.05, 3.63) is 22.4 Å². The molecular weight excluding hydrogens is 210 g/mol. The molecule has 15 heavy (non-hydrogen) atoms. The van der Waals surface area contributed by atoms with Crippen LogP contribution in [-0.4, -0.2) is 17.7 Å². The summed E-state index contributed by atoms with van der Waals surface area (Å²) >= 11 is 1.44. The predicted molar refractivity (Wildman–Crippen MR) is 59.0 cm³/mol. The van der Waals surface area contributed by atoms with Crippen LogP contribution in [0.15, 0.2) is 17.5 Å². The Balaban J connectivity index is 1.87. The summed E-state index contributed by atoms with van der Waals surface area (Å²) in [5.41, 5.74) is 0. The lowest BCUT2D eigenvalue weighted by molar-refractivity contribution is -0.120. The molecule has 80 valence electrons. The lowest BCUT2D eigenvalue weighted by atomic mass is 9.94. The van der Waals surface area contributed by atoms with E-state index in [2.05, 4.69) is 5.32 Å². The molecule has 0 spiro atoms. The highest BCUT2D eigenvalue weighted by molar-refractivity contribution is 7.12. The maximum Gasteiger partial charge on any atom is 0.261 e. The summed E-state index contributed by atoms with van der Waals surface area (Å²) in [6, 6.07) is 3.86. The van der Waals surface area contributed by atoms with Gasteiger partial charge in [-0.2, -0.15) is 0 Å². The molecule has 1 aliphatic rings. The van der Waals surface area contributed by atoms with Gasteiger partial charge in [0, 0.05) is 18.9 Å². The molecule has 1 N–H and O–H groups in total. The summed E-state index contributed by atoms with van der Waals surface area (Å²) in [5, 5.41) is 4.85. The Kier molecular flexibility index (Phi) is 3.16. The van der Waals surface area contributed by atoms with Gasteiger partial charge in [0.1, 0.15) is 5.78 Å². The number of rotatable bonds is 2. The molecule has 1 fully saturated rings. The van der Waals surface area contributed by atoms with Crippen LogP contribution in [-0.2, 0) is 4.79 Å². The van der Waals surface area contributed by atoms with E-state index in [4.69, 9.17) is 0 Å². The lowest BCUT2D eigenvalue weighted by Crippen LogP contribution is -2.37. The Labute approximate surface area is 92.5 Å². The third-order valence-electron chi connectivity index (χ3n) is 2.62. The van der Waals surface area contributed by atoms with E-state index in [0.717, 1.165) is 17.7 Å². The smallest absolute Gasteiger partial charge is 0.261 e. The molecule has 0 saturated heterocycles. The molecule has 1 amide bonds. The maximum atomic E-state index is 11.7. The van der Waals surface area contributed by atoms with Crippen molar-refractivity contribution >= 4 is 23.0 Å². The van der Waals surface area contributed by atoms with Crippen LogP contribution in [0.1, 0.15) is 35.4 Å². The van der Waals surface area contributed by atoms with Crippen molar-refractivity contribution in [3.8, 4) is 0 Å². The SMILES string of the molecule is O=C1CCC(NC(=O)c2cccs2)CC1. The largest absolute Gasteiger partial charge is 0.349 e. The molecule has 1 aliphatic carbocycles. The highest BCUT2D eigenvalue weighted by atomic mass is 32.1. The van der Waals surface area contributed by atoms with E-state index in [1.54, 1.807) is 0 Å². The number of Topliss-reactive ketones (excluding diaryl/α,β-unsaturated/α-hetero) is 1. The monoisotopic (exact) mass is 223 g/mol. The Morgan fingerprint density at radius 1 is 1.40 bits per heavy atom. The van der Waals surface area contributed by atoms with Gasteiger partial charge in [-0.05, 0) is 24.3 Å². The summed E-state index contributed by atoms with van der Waals surface area (Å²) in [5.74, 6) is 0.306. The molecule has 1 heterocycles. The number of amides is 1. The zero-order valence-corrected chi connectivity index (χ0v) is 9.18. The van der Waals surface area contributed by atoms with Gasteiger partial charge in [-0.15, -0.1) is 11.3 Å². The average Bonchev–Trinajstić information content (AvgIpc) is 2.74. The van der Waals surface area contributed by atoms with Gasteiger partial charge in [0.25, 0.3) is 5.91 Å². The van der Waals surface area contributed by atoms with E-state index >= 15 is 0 Å². The number of hydrogen-bond donors (Lipinski definition) is 1. The normalized spacial score (nSPS) is 17.7. The van der Waals surface area contributed by atoms with Crippen molar-refractivity contribution in [3.63, 3.8) is 0 Å². The Bertz CT molecular complexity index is 349.